The molecule has 1 aliphatic rings. The first-order chi connectivity index (χ1) is 14.7. The molecule has 2 aromatic rings. The Hall–Kier alpha value is -2.62. The Labute approximate surface area is 183 Å². The molecule has 2 aromatic carbocycles. The van der Waals surface area contributed by atoms with Crippen LogP contribution in [0, 0.1) is 13.8 Å². The first kappa shape index (κ1) is 23.1. The minimum absolute atomic E-state index is 0.178. The molecule has 1 aliphatic heterocycles. The molecule has 8 nitrogen and oxygen atoms in total. The lowest BCUT2D eigenvalue weighted by molar-refractivity contribution is -0.117. The van der Waals surface area contributed by atoms with Gasteiger partial charge >= 0.3 is 0 Å². The molecule has 0 aromatic heterocycles. The topological polar surface area (TPSA) is 88.2 Å². The summed E-state index contributed by atoms with van der Waals surface area (Å²) in [6.45, 7) is 5.59. The fourth-order valence-electron chi connectivity index (χ4n) is 3.64. The van der Waals surface area contributed by atoms with Crippen molar-refractivity contribution in [2.75, 3.05) is 52.3 Å². The standard InChI is InChI=1S/C22H29N3O5S/c1-16-5-6-21(17(2)11-16)31(27,28)25-9-7-24(8-10-25)15-22(26)23-18-12-19(29-3)14-20(13-18)30-4/h5-6,11-14H,7-10,15H2,1-4H3,(H,23,26). The van der Waals surface area contributed by atoms with Crippen molar-refractivity contribution in [2.24, 2.45) is 0 Å². The average molecular weight is 448 g/mol. The van der Waals surface area contributed by atoms with Crippen molar-refractivity contribution in [3.8, 4) is 11.5 Å². The molecule has 0 atom stereocenters. The minimum atomic E-state index is -3.55. The zero-order valence-corrected chi connectivity index (χ0v) is 19.2. The van der Waals surface area contributed by atoms with E-state index in [1.54, 1.807) is 38.5 Å². The molecule has 0 bridgehead atoms. The van der Waals surface area contributed by atoms with E-state index in [0.717, 1.165) is 11.1 Å². The van der Waals surface area contributed by atoms with Crippen LogP contribution in [0.3, 0.4) is 0 Å². The highest BCUT2D eigenvalue weighted by Crippen LogP contribution is 2.26. The second-order valence-electron chi connectivity index (χ2n) is 7.60. The molecule has 0 unspecified atom stereocenters. The van der Waals surface area contributed by atoms with Gasteiger partial charge in [0.2, 0.25) is 15.9 Å². The van der Waals surface area contributed by atoms with Gasteiger partial charge in [0, 0.05) is 50.1 Å². The summed E-state index contributed by atoms with van der Waals surface area (Å²) in [5.74, 6) is 0.987. The first-order valence-electron chi connectivity index (χ1n) is 10.1. The van der Waals surface area contributed by atoms with Gasteiger partial charge in [0.15, 0.2) is 0 Å². The third kappa shape index (κ3) is 5.55. The second-order valence-corrected chi connectivity index (χ2v) is 9.51. The smallest absolute Gasteiger partial charge is 0.243 e. The molecule has 31 heavy (non-hydrogen) atoms. The number of carbonyl (C=O) groups is 1. The van der Waals surface area contributed by atoms with Gasteiger partial charge in [-0.1, -0.05) is 17.7 Å². The number of ether oxygens (including phenoxy) is 2. The normalized spacial score (nSPS) is 15.5. The number of methoxy groups -OCH3 is 2. The summed E-state index contributed by atoms with van der Waals surface area (Å²) in [5.41, 5.74) is 2.36. The van der Waals surface area contributed by atoms with Crippen LogP contribution >= 0.6 is 0 Å². The SMILES string of the molecule is COc1cc(NC(=O)CN2CCN(S(=O)(=O)c3ccc(C)cc3C)CC2)cc(OC)c1. The Morgan fingerprint density at radius 1 is 0.968 bits per heavy atom. The Morgan fingerprint density at radius 3 is 2.13 bits per heavy atom. The molecule has 9 heteroatoms. The number of aryl methyl sites for hydroxylation is 2. The number of amides is 1. The van der Waals surface area contributed by atoms with E-state index < -0.39 is 10.0 Å². The van der Waals surface area contributed by atoms with Crippen molar-refractivity contribution in [3.05, 3.63) is 47.5 Å². The van der Waals surface area contributed by atoms with Crippen LogP contribution in [0.4, 0.5) is 5.69 Å². The number of nitrogens with zero attached hydrogens (tertiary/aromatic N) is 2. The highest BCUT2D eigenvalue weighted by molar-refractivity contribution is 7.89. The van der Waals surface area contributed by atoms with Crippen LogP contribution in [-0.4, -0.2) is 70.5 Å². The maximum absolute atomic E-state index is 13.0. The van der Waals surface area contributed by atoms with Gasteiger partial charge in [-0.3, -0.25) is 9.69 Å². The molecular weight excluding hydrogens is 418 g/mol. The van der Waals surface area contributed by atoms with Gasteiger partial charge in [-0.25, -0.2) is 8.42 Å². The van der Waals surface area contributed by atoms with Crippen LogP contribution in [0.25, 0.3) is 0 Å². The predicted octanol–water partition coefficient (Wildman–Crippen LogP) is 2.27. The van der Waals surface area contributed by atoms with Gasteiger partial charge < -0.3 is 14.8 Å². The van der Waals surface area contributed by atoms with Crippen molar-refractivity contribution < 1.29 is 22.7 Å². The van der Waals surface area contributed by atoms with Crippen molar-refractivity contribution in [3.63, 3.8) is 0 Å². The molecule has 0 radical (unpaired) electrons. The van der Waals surface area contributed by atoms with E-state index in [2.05, 4.69) is 5.32 Å². The summed E-state index contributed by atoms with van der Waals surface area (Å²) in [6.07, 6.45) is 0. The molecule has 168 valence electrons. The van der Waals surface area contributed by atoms with Crippen LogP contribution in [0.1, 0.15) is 11.1 Å². The first-order valence-corrected chi connectivity index (χ1v) is 11.5. The number of hydrogen-bond donors (Lipinski definition) is 1. The van der Waals surface area contributed by atoms with E-state index >= 15 is 0 Å². The average Bonchev–Trinajstić information content (AvgIpc) is 2.73. The number of carbonyl (C=O) groups excluding carboxylic acids is 1. The maximum Gasteiger partial charge on any atom is 0.243 e. The third-order valence-corrected chi connectivity index (χ3v) is 7.34. The van der Waals surface area contributed by atoms with Crippen LogP contribution in [0.5, 0.6) is 11.5 Å². The highest BCUT2D eigenvalue weighted by Gasteiger charge is 2.30. The zero-order chi connectivity index (χ0) is 22.6. The Kier molecular flexibility index (Phi) is 7.19. The number of hydrogen-bond acceptors (Lipinski definition) is 6. The minimum Gasteiger partial charge on any atom is -0.497 e. The number of anilines is 1. The fraction of sp³-hybridized carbons (Fsp3) is 0.409. The van der Waals surface area contributed by atoms with Crippen LogP contribution in [-0.2, 0) is 14.8 Å². The zero-order valence-electron chi connectivity index (χ0n) is 18.3. The summed E-state index contributed by atoms with van der Waals surface area (Å²) in [6, 6.07) is 10.5. The van der Waals surface area contributed by atoms with Gasteiger partial charge in [-0.05, 0) is 25.5 Å². The molecular formula is C22H29N3O5S. The lowest BCUT2D eigenvalue weighted by atomic mass is 10.2. The van der Waals surface area contributed by atoms with Gasteiger partial charge in [0.25, 0.3) is 0 Å². The van der Waals surface area contributed by atoms with Crippen molar-refractivity contribution >= 4 is 21.6 Å². The summed E-state index contributed by atoms with van der Waals surface area (Å²) < 4.78 is 38.0. The molecule has 1 fully saturated rings. The number of nitrogens with one attached hydrogen (secondary N) is 1. The summed E-state index contributed by atoms with van der Waals surface area (Å²) in [5, 5.41) is 2.85. The fourth-order valence-corrected chi connectivity index (χ4v) is 5.27. The molecule has 0 saturated carbocycles. The molecule has 1 saturated heterocycles. The van der Waals surface area contributed by atoms with Crippen molar-refractivity contribution in [1.29, 1.82) is 0 Å². The maximum atomic E-state index is 13.0. The summed E-state index contributed by atoms with van der Waals surface area (Å²) in [4.78, 5) is 14.8. The molecule has 0 spiro atoms. The predicted molar refractivity (Wildman–Crippen MR) is 119 cm³/mol. The van der Waals surface area contributed by atoms with E-state index in [4.69, 9.17) is 9.47 Å². The molecule has 1 amide bonds. The van der Waals surface area contributed by atoms with Crippen LogP contribution in [0.15, 0.2) is 41.3 Å². The Balaban J connectivity index is 1.58. The van der Waals surface area contributed by atoms with Crippen molar-refractivity contribution in [2.45, 2.75) is 18.7 Å². The number of benzene rings is 2. The second kappa shape index (κ2) is 9.67. The van der Waals surface area contributed by atoms with E-state index in [0.29, 0.717) is 48.3 Å². The van der Waals surface area contributed by atoms with E-state index in [1.165, 1.54) is 4.31 Å². The van der Waals surface area contributed by atoms with Gasteiger partial charge in [0.1, 0.15) is 11.5 Å². The van der Waals surface area contributed by atoms with Crippen molar-refractivity contribution in [1.82, 2.24) is 9.21 Å². The van der Waals surface area contributed by atoms with Gasteiger partial charge in [0.05, 0.1) is 25.7 Å². The third-order valence-electron chi connectivity index (χ3n) is 5.28. The van der Waals surface area contributed by atoms with Gasteiger partial charge in [-0.2, -0.15) is 4.31 Å². The summed E-state index contributed by atoms with van der Waals surface area (Å²) >= 11 is 0. The molecule has 3 rings (SSSR count). The van der Waals surface area contributed by atoms with Crippen LogP contribution in [0.2, 0.25) is 0 Å². The lowest BCUT2D eigenvalue weighted by Crippen LogP contribution is -2.50. The number of piperazine rings is 1. The van der Waals surface area contributed by atoms with E-state index in [1.807, 2.05) is 30.9 Å². The van der Waals surface area contributed by atoms with E-state index in [9.17, 15) is 13.2 Å². The lowest BCUT2D eigenvalue weighted by Gasteiger charge is -2.33. The van der Waals surface area contributed by atoms with E-state index in [-0.39, 0.29) is 12.5 Å². The highest BCUT2D eigenvalue weighted by atomic mass is 32.2. The molecule has 1 N–H and O–H groups in total. The molecule has 1 heterocycles. The quantitative estimate of drug-likeness (QED) is 0.701. The largest absolute Gasteiger partial charge is 0.497 e. The Morgan fingerprint density at radius 2 is 1.58 bits per heavy atom. The summed E-state index contributed by atoms with van der Waals surface area (Å²) in [7, 11) is -0.452. The van der Waals surface area contributed by atoms with Crippen LogP contribution < -0.4 is 14.8 Å². The van der Waals surface area contributed by atoms with Gasteiger partial charge in [-0.15, -0.1) is 0 Å². The monoisotopic (exact) mass is 447 g/mol. The number of sulfonamides is 1. The number of rotatable bonds is 7. The Bertz CT molecular complexity index is 1020. The molecule has 0 aliphatic carbocycles.